The molecule has 0 aliphatic carbocycles. The molecule has 13 heavy (non-hydrogen) atoms. The van der Waals surface area contributed by atoms with Gasteiger partial charge in [-0.2, -0.15) is 0 Å². The second-order valence-corrected chi connectivity index (χ2v) is 3.38. The number of carbonyl (C=O) groups excluding carboxylic acids is 1. The minimum atomic E-state index is -1.06. The number of carbonyl (C=O) groups is 1. The molecule has 0 aliphatic rings. The van der Waals surface area contributed by atoms with Gasteiger partial charge in [-0.1, -0.05) is 47.3 Å². The highest BCUT2D eigenvalue weighted by atomic mass is 35.5. The molecule has 0 amide bonds. The van der Waals surface area contributed by atoms with E-state index in [2.05, 4.69) is 11.8 Å². The maximum absolute atomic E-state index is 10.9. The fourth-order valence-corrected chi connectivity index (χ4v) is 0.819. The molecule has 1 aromatic rings. The summed E-state index contributed by atoms with van der Waals surface area (Å²) in [4.78, 5) is 9.82. The van der Waals surface area contributed by atoms with E-state index < -0.39 is 10.6 Å². The van der Waals surface area contributed by atoms with E-state index in [4.69, 9.17) is 23.2 Å². The zero-order chi connectivity index (χ0) is 9.68. The number of halogens is 2. The lowest BCUT2D eigenvalue weighted by molar-refractivity contribution is -0.112. The van der Waals surface area contributed by atoms with Gasteiger partial charge in [-0.3, -0.25) is 4.79 Å². The molecule has 1 aromatic carbocycles. The molecule has 0 unspecified atom stereocenters. The molecule has 1 nitrogen and oxygen atoms in total. The minimum absolute atomic E-state index is 0.479. The van der Waals surface area contributed by atoms with Gasteiger partial charge in [0.15, 0.2) is 4.84 Å². The Morgan fingerprint density at radius 3 is 2.38 bits per heavy atom. The van der Waals surface area contributed by atoms with E-state index in [0.717, 1.165) is 5.56 Å². The Hall–Kier alpha value is -0.970. The molecular weight excluding hydrogens is 207 g/mol. The smallest absolute Gasteiger partial charge is 0.238 e. The summed E-state index contributed by atoms with van der Waals surface area (Å²) in [5, 5.41) is 0. The molecule has 0 N–H and O–H groups in total. The zero-order valence-corrected chi connectivity index (χ0v) is 8.14. The number of benzene rings is 1. The van der Waals surface area contributed by atoms with Gasteiger partial charge in [0.25, 0.3) is 0 Å². The largest absolute Gasteiger partial charge is 0.282 e. The van der Waals surface area contributed by atoms with Crippen molar-refractivity contribution >= 4 is 29.0 Å². The second-order valence-electron chi connectivity index (χ2n) is 2.28. The van der Waals surface area contributed by atoms with Gasteiger partial charge in [0.1, 0.15) is 0 Å². The number of alkyl halides is 2. The van der Waals surface area contributed by atoms with Crippen LogP contribution < -0.4 is 0 Å². The summed E-state index contributed by atoms with van der Waals surface area (Å²) >= 11 is 10.6. The highest BCUT2D eigenvalue weighted by Crippen LogP contribution is 2.02. The summed E-state index contributed by atoms with van der Waals surface area (Å²) in [6.07, 6.45) is 0. The Labute approximate surface area is 86.7 Å². The number of hydrogen-bond donors (Lipinski definition) is 0. The summed E-state index contributed by atoms with van der Waals surface area (Å²) in [6.45, 7) is 0. The van der Waals surface area contributed by atoms with E-state index in [9.17, 15) is 4.79 Å². The molecule has 0 heterocycles. The molecular formula is C10H6Cl2O. The maximum Gasteiger partial charge on any atom is 0.238 e. The van der Waals surface area contributed by atoms with Crippen molar-refractivity contribution in [1.82, 2.24) is 0 Å². The summed E-state index contributed by atoms with van der Waals surface area (Å²) in [5.74, 6) is 4.52. The first kappa shape index (κ1) is 10.1. The molecule has 0 fully saturated rings. The normalized spacial score (nSPS) is 9.15. The quantitative estimate of drug-likeness (QED) is 0.517. The van der Waals surface area contributed by atoms with E-state index in [-0.39, 0.29) is 0 Å². The van der Waals surface area contributed by atoms with E-state index in [0.29, 0.717) is 0 Å². The third kappa shape index (κ3) is 3.50. The average molecular weight is 213 g/mol. The molecule has 0 saturated carbocycles. The summed E-state index contributed by atoms with van der Waals surface area (Å²) < 4.78 is 0. The number of Topliss-reactive ketones (excluding diaryl/α,β-unsaturated/α-hetero) is 1. The first-order chi connectivity index (χ1) is 6.20. The molecule has 3 heteroatoms. The van der Waals surface area contributed by atoms with E-state index in [1.807, 2.05) is 18.2 Å². The number of ketones is 1. The molecule has 0 spiro atoms. The third-order valence-electron chi connectivity index (χ3n) is 1.30. The van der Waals surface area contributed by atoms with Crippen molar-refractivity contribution in [2.75, 3.05) is 0 Å². The van der Waals surface area contributed by atoms with E-state index in [1.165, 1.54) is 0 Å². The molecule has 0 aromatic heterocycles. The van der Waals surface area contributed by atoms with Crippen LogP contribution in [0.2, 0.25) is 0 Å². The lowest BCUT2D eigenvalue weighted by Crippen LogP contribution is -2.03. The molecule has 0 aliphatic heterocycles. The lowest BCUT2D eigenvalue weighted by atomic mass is 10.2. The van der Waals surface area contributed by atoms with Gasteiger partial charge >= 0.3 is 0 Å². The number of rotatable bonds is 1. The van der Waals surface area contributed by atoms with Crippen molar-refractivity contribution in [1.29, 1.82) is 0 Å². The van der Waals surface area contributed by atoms with Gasteiger partial charge in [0.2, 0.25) is 5.78 Å². The van der Waals surface area contributed by atoms with Gasteiger partial charge in [0, 0.05) is 5.56 Å². The van der Waals surface area contributed by atoms with Gasteiger partial charge in [-0.15, -0.1) is 0 Å². The molecule has 66 valence electrons. The van der Waals surface area contributed by atoms with Gasteiger partial charge in [0.05, 0.1) is 0 Å². The first-order valence-corrected chi connectivity index (χ1v) is 4.46. The Bertz CT molecular complexity index is 346. The maximum atomic E-state index is 10.9. The second kappa shape index (κ2) is 4.91. The van der Waals surface area contributed by atoms with E-state index in [1.54, 1.807) is 12.1 Å². The Morgan fingerprint density at radius 2 is 1.85 bits per heavy atom. The molecule has 0 radical (unpaired) electrons. The van der Waals surface area contributed by atoms with Crippen molar-refractivity contribution < 1.29 is 4.79 Å². The van der Waals surface area contributed by atoms with Crippen molar-refractivity contribution in [3.8, 4) is 11.8 Å². The van der Waals surface area contributed by atoms with Crippen LogP contribution in [0.3, 0.4) is 0 Å². The third-order valence-corrected chi connectivity index (χ3v) is 1.70. The van der Waals surface area contributed by atoms with Gasteiger partial charge in [-0.05, 0) is 18.1 Å². The first-order valence-electron chi connectivity index (χ1n) is 3.59. The zero-order valence-electron chi connectivity index (χ0n) is 6.63. The predicted octanol–water partition coefficient (Wildman–Crippen LogP) is 2.41. The predicted molar refractivity (Wildman–Crippen MR) is 53.8 cm³/mol. The van der Waals surface area contributed by atoms with Crippen molar-refractivity contribution in [2.45, 2.75) is 4.84 Å². The average Bonchev–Trinajstić information content (AvgIpc) is 2.15. The highest BCUT2D eigenvalue weighted by molar-refractivity contribution is 6.55. The van der Waals surface area contributed by atoms with Crippen LogP contribution in [-0.2, 0) is 4.79 Å². The molecule has 0 atom stereocenters. The SMILES string of the molecule is O=C(C#Cc1ccccc1)C(Cl)Cl. The monoisotopic (exact) mass is 212 g/mol. The lowest BCUT2D eigenvalue weighted by Gasteiger charge is -1.88. The minimum Gasteiger partial charge on any atom is -0.282 e. The summed E-state index contributed by atoms with van der Waals surface area (Å²) in [6, 6.07) is 9.16. The van der Waals surface area contributed by atoms with Gasteiger partial charge in [-0.25, -0.2) is 0 Å². The Morgan fingerprint density at radius 1 is 1.23 bits per heavy atom. The Balaban J connectivity index is 2.74. The van der Waals surface area contributed by atoms with Crippen molar-refractivity contribution in [3.63, 3.8) is 0 Å². The van der Waals surface area contributed by atoms with Crippen molar-refractivity contribution in [3.05, 3.63) is 35.9 Å². The fourth-order valence-electron chi connectivity index (χ4n) is 0.710. The number of hydrogen-bond acceptors (Lipinski definition) is 1. The fraction of sp³-hybridized carbons (Fsp3) is 0.100. The standard InChI is InChI=1S/C10H6Cl2O/c11-10(12)9(13)7-6-8-4-2-1-3-5-8/h1-5,10H. The molecule has 1 rings (SSSR count). The van der Waals surface area contributed by atoms with E-state index >= 15 is 0 Å². The van der Waals surface area contributed by atoms with Crippen LogP contribution in [0.1, 0.15) is 5.56 Å². The molecule has 0 saturated heterocycles. The van der Waals surface area contributed by atoms with Crippen molar-refractivity contribution in [2.24, 2.45) is 0 Å². The summed E-state index contributed by atoms with van der Waals surface area (Å²) in [5.41, 5.74) is 0.768. The van der Waals surface area contributed by atoms with Crippen LogP contribution in [0, 0.1) is 11.8 Å². The van der Waals surface area contributed by atoms with Crippen LogP contribution >= 0.6 is 23.2 Å². The van der Waals surface area contributed by atoms with Gasteiger partial charge < -0.3 is 0 Å². The highest BCUT2D eigenvalue weighted by Gasteiger charge is 2.06. The molecule has 0 bridgehead atoms. The van der Waals surface area contributed by atoms with Crippen LogP contribution in [0.4, 0.5) is 0 Å². The van der Waals surface area contributed by atoms with Crippen LogP contribution in [-0.4, -0.2) is 10.6 Å². The van der Waals surface area contributed by atoms with Crippen LogP contribution in [0.5, 0.6) is 0 Å². The van der Waals surface area contributed by atoms with Crippen LogP contribution in [0.25, 0.3) is 0 Å². The summed E-state index contributed by atoms with van der Waals surface area (Å²) in [7, 11) is 0. The topological polar surface area (TPSA) is 17.1 Å². The van der Waals surface area contributed by atoms with Crippen LogP contribution in [0.15, 0.2) is 30.3 Å². The Kier molecular flexibility index (Phi) is 3.82.